The van der Waals surface area contributed by atoms with Crippen LogP contribution >= 0.6 is 0 Å². The molecule has 0 aliphatic carbocycles. The first-order valence-electron chi connectivity index (χ1n) is 11.3. The first-order valence-corrected chi connectivity index (χ1v) is 11.3. The summed E-state index contributed by atoms with van der Waals surface area (Å²) in [6.45, 7) is 5.88. The third-order valence-corrected chi connectivity index (χ3v) is 6.35. The molecule has 0 fully saturated rings. The molecular weight excluding hydrogens is 447 g/mol. The number of hydrogen-bond acceptors (Lipinski definition) is 4. The molecule has 0 radical (unpaired) electrons. The Kier molecular flexibility index (Phi) is 5.51. The summed E-state index contributed by atoms with van der Waals surface area (Å²) >= 11 is 0. The lowest BCUT2D eigenvalue weighted by molar-refractivity contribution is -0.126. The third kappa shape index (κ3) is 4.01. The Balaban J connectivity index is 1.56. The number of carbonyl (C=O) groups excluding carboxylic acids is 2. The molecule has 4 aromatic rings. The van der Waals surface area contributed by atoms with Crippen molar-refractivity contribution in [2.45, 2.75) is 39.4 Å². The summed E-state index contributed by atoms with van der Waals surface area (Å²) in [5.41, 5.74) is 2.80. The number of amides is 2. The number of rotatable bonds is 5. The third-order valence-electron chi connectivity index (χ3n) is 6.35. The average Bonchev–Trinajstić information content (AvgIpc) is 3.49. The maximum Gasteiger partial charge on any atom is 0.277 e. The molecule has 1 atom stereocenters. The second-order valence-electron chi connectivity index (χ2n) is 9.07. The van der Waals surface area contributed by atoms with Gasteiger partial charge in [0.15, 0.2) is 5.76 Å². The van der Waals surface area contributed by atoms with Gasteiger partial charge in [-0.1, -0.05) is 29.8 Å². The van der Waals surface area contributed by atoms with Crippen LogP contribution in [0, 0.1) is 19.7 Å². The Morgan fingerprint density at radius 3 is 2.69 bits per heavy atom. The topological polar surface area (TPSA) is 80.4 Å². The highest BCUT2D eigenvalue weighted by Gasteiger charge is 2.49. The molecule has 0 saturated heterocycles. The molecule has 1 aliphatic heterocycles. The monoisotopic (exact) mass is 472 g/mol. The molecule has 2 aromatic carbocycles. The van der Waals surface area contributed by atoms with Crippen molar-refractivity contribution in [3.05, 3.63) is 95.1 Å². The maximum absolute atomic E-state index is 13.9. The van der Waals surface area contributed by atoms with E-state index in [9.17, 15) is 14.0 Å². The van der Waals surface area contributed by atoms with E-state index in [-0.39, 0.29) is 30.7 Å². The normalized spacial score (nSPS) is 17.4. The van der Waals surface area contributed by atoms with Gasteiger partial charge < -0.3 is 9.73 Å². The number of furan rings is 1. The number of carbonyl (C=O) groups is 2. The van der Waals surface area contributed by atoms with Crippen molar-refractivity contribution in [3.8, 4) is 11.5 Å². The molecule has 0 spiro atoms. The Labute approximate surface area is 202 Å². The van der Waals surface area contributed by atoms with Gasteiger partial charge in [0.2, 0.25) is 5.91 Å². The fourth-order valence-corrected chi connectivity index (χ4v) is 4.58. The van der Waals surface area contributed by atoms with Gasteiger partial charge in [0, 0.05) is 18.3 Å². The molecule has 5 rings (SSSR count). The van der Waals surface area contributed by atoms with Crippen molar-refractivity contribution in [3.63, 3.8) is 0 Å². The molecular formula is C27H25FN4O3. The number of halogens is 1. The lowest BCUT2D eigenvalue weighted by atomic mass is 9.92. The minimum Gasteiger partial charge on any atom is -0.463 e. The highest BCUT2D eigenvalue weighted by Crippen LogP contribution is 2.36. The van der Waals surface area contributed by atoms with E-state index in [2.05, 4.69) is 10.4 Å². The van der Waals surface area contributed by atoms with Gasteiger partial charge in [-0.05, 0) is 62.2 Å². The van der Waals surface area contributed by atoms with Crippen LogP contribution in [0.4, 0.5) is 10.1 Å². The van der Waals surface area contributed by atoms with Crippen molar-refractivity contribution in [1.82, 2.24) is 15.1 Å². The van der Waals surface area contributed by atoms with Gasteiger partial charge in [0.1, 0.15) is 22.7 Å². The van der Waals surface area contributed by atoms with Gasteiger partial charge in [0.05, 0.1) is 12.8 Å². The number of anilines is 1. The van der Waals surface area contributed by atoms with Crippen LogP contribution in [0.15, 0.2) is 71.3 Å². The molecule has 2 aromatic heterocycles. The van der Waals surface area contributed by atoms with Crippen molar-refractivity contribution in [2.75, 3.05) is 4.90 Å². The summed E-state index contributed by atoms with van der Waals surface area (Å²) in [6.07, 6.45) is 1.54. The molecule has 35 heavy (non-hydrogen) atoms. The number of hydrogen-bond donors (Lipinski definition) is 1. The van der Waals surface area contributed by atoms with Crippen molar-refractivity contribution in [2.24, 2.45) is 0 Å². The average molecular weight is 473 g/mol. The number of benzene rings is 2. The molecule has 1 aliphatic rings. The Morgan fingerprint density at radius 1 is 1.14 bits per heavy atom. The zero-order valence-corrected chi connectivity index (χ0v) is 19.7. The van der Waals surface area contributed by atoms with E-state index >= 15 is 0 Å². The smallest absolute Gasteiger partial charge is 0.277 e. The SMILES string of the molecule is Cc1ccc(N2C(=O)c3cc(-c4ccco4)nn3CC2(C)C(=O)NCc2cccc(F)c2)c(C)c1. The first kappa shape index (κ1) is 22.6. The lowest BCUT2D eigenvalue weighted by Gasteiger charge is -2.43. The first-order chi connectivity index (χ1) is 16.8. The summed E-state index contributed by atoms with van der Waals surface area (Å²) in [5.74, 6) is -0.540. The minimum absolute atomic E-state index is 0.130. The van der Waals surface area contributed by atoms with Crippen LogP contribution in [-0.4, -0.2) is 27.1 Å². The van der Waals surface area contributed by atoms with Crippen LogP contribution in [0.2, 0.25) is 0 Å². The van der Waals surface area contributed by atoms with Gasteiger partial charge in [-0.15, -0.1) is 0 Å². The second kappa shape index (κ2) is 8.54. The van der Waals surface area contributed by atoms with Crippen LogP contribution in [0.25, 0.3) is 11.5 Å². The molecule has 8 heteroatoms. The van der Waals surface area contributed by atoms with E-state index in [1.165, 1.54) is 12.1 Å². The fraction of sp³-hybridized carbons (Fsp3) is 0.222. The van der Waals surface area contributed by atoms with Gasteiger partial charge >= 0.3 is 0 Å². The fourth-order valence-electron chi connectivity index (χ4n) is 4.58. The van der Waals surface area contributed by atoms with Crippen molar-refractivity contribution in [1.29, 1.82) is 0 Å². The molecule has 2 amide bonds. The van der Waals surface area contributed by atoms with Gasteiger partial charge in [-0.3, -0.25) is 19.2 Å². The van der Waals surface area contributed by atoms with Crippen molar-refractivity contribution >= 4 is 17.5 Å². The minimum atomic E-state index is -1.29. The highest BCUT2D eigenvalue weighted by atomic mass is 19.1. The van der Waals surface area contributed by atoms with Crippen LogP contribution < -0.4 is 10.2 Å². The molecule has 1 N–H and O–H groups in total. The standard InChI is InChI=1S/C27H25FN4O3/c1-17-9-10-22(18(2)12-17)32-25(33)23-14-21(24-8-5-11-35-24)30-31(23)16-27(32,3)26(34)29-15-19-6-4-7-20(28)13-19/h4-14H,15-16H2,1-3H3,(H,29,34). The van der Waals surface area contributed by atoms with Crippen molar-refractivity contribution < 1.29 is 18.4 Å². The van der Waals surface area contributed by atoms with E-state index in [0.717, 1.165) is 11.1 Å². The van der Waals surface area contributed by atoms with E-state index in [1.54, 1.807) is 53.1 Å². The molecule has 0 bridgehead atoms. The molecule has 7 nitrogen and oxygen atoms in total. The Hall–Kier alpha value is -4.20. The van der Waals surface area contributed by atoms with E-state index in [0.29, 0.717) is 28.4 Å². The Morgan fingerprint density at radius 2 is 1.97 bits per heavy atom. The van der Waals surface area contributed by atoms with E-state index in [4.69, 9.17) is 4.42 Å². The molecule has 178 valence electrons. The van der Waals surface area contributed by atoms with Gasteiger partial charge in [-0.25, -0.2) is 4.39 Å². The second-order valence-corrected chi connectivity index (χ2v) is 9.07. The highest BCUT2D eigenvalue weighted by molar-refractivity contribution is 6.12. The van der Waals surface area contributed by atoms with Crippen LogP contribution in [-0.2, 0) is 17.9 Å². The van der Waals surface area contributed by atoms with Gasteiger partial charge in [-0.2, -0.15) is 5.10 Å². The number of nitrogens with one attached hydrogen (secondary N) is 1. The lowest BCUT2D eigenvalue weighted by Crippen LogP contribution is -2.64. The molecule has 3 heterocycles. The van der Waals surface area contributed by atoms with Crippen LogP contribution in [0.1, 0.15) is 34.1 Å². The summed E-state index contributed by atoms with van der Waals surface area (Å²) in [7, 11) is 0. The summed E-state index contributed by atoms with van der Waals surface area (Å²) in [4.78, 5) is 29.1. The predicted octanol–water partition coefficient (Wildman–Crippen LogP) is 4.63. The predicted molar refractivity (Wildman–Crippen MR) is 129 cm³/mol. The number of nitrogens with zero attached hydrogens (tertiary/aromatic N) is 3. The number of fused-ring (bicyclic) bond motifs is 1. The summed E-state index contributed by atoms with van der Waals surface area (Å²) in [6, 6.07) is 17.0. The van der Waals surface area contributed by atoms with Crippen LogP contribution in [0.3, 0.4) is 0 Å². The number of aromatic nitrogens is 2. The zero-order valence-electron chi connectivity index (χ0n) is 19.7. The van der Waals surface area contributed by atoms with Crippen LogP contribution in [0.5, 0.6) is 0 Å². The largest absolute Gasteiger partial charge is 0.463 e. The number of aryl methyl sites for hydroxylation is 2. The van der Waals surface area contributed by atoms with E-state index < -0.39 is 5.54 Å². The van der Waals surface area contributed by atoms with E-state index in [1.807, 2.05) is 32.0 Å². The quantitative estimate of drug-likeness (QED) is 0.459. The summed E-state index contributed by atoms with van der Waals surface area (Å²) in [5, 5.41) is 7.46. The molecule has 0 saturated carbocycles. The zero-order chi connectivity index (χ0) is 24.7. The Bertz CT molecular complexity index is 1430. The maximum atomic E-state index is 13.9. The molecule has 1 unspecified atom stereocenters. The summed E-state index contributed by atoms with van der Waals surface area (Å²) < 4.78 is 20.7. The van der Waals surface area contributed by atoms with Gasteiger partial charge in [0.25, 0.3) is 5.91 Å².